The second-order valence-electron chi connectivity index (χ2n) is 8.06. The van der Waals surface area contributed by atoms with Gasteiger partial charge in [0.2, 0.25) is 0 Å². The highest BCUT2D eigenvalue weighted by molar-refractivity contribution is 5.76. The van der Waals surface area contributed by atoms with Crippen LogP contribution in [0.25, 0.3) is 67.5 Å². The van der Waals surface area contributed by atoms with Crippen molar-refractivity contribution in [2.45, 2.75) is 0 Å². The van der Waals surface area contributed by atoms with Crippen molar-refractivity contribution in [3.8, 4) is 67.5 Å². The van der Waals surface area contributed by atoms with Gasteiger partial charge in [0.15, 0.2) is 17.5 Å². The van der Waals surface area contributed by atoms with Crippen LogP contribution in [0.4, 0.5) is 0 Å². The zero-order chi connectivity index (χ0) is 51.6. The number of hydrogen-bond donors (Lipinski definition) is 0. The van der Waals surface area contributed by atoms with Crippen LogP contribution in [0.15, 0.2) is 163 Å². The minimum atomic E-state index is -1.04. The highest BCUT2D eigenvalue weighted by atomic mass is 15.0. The highest BCUT2D eigenvalue weighted by Gasteiger charge is 2.14. The maximum absolute atomic E-state index is 9.33. The minimum Gasteiger partial charge on any atom is -0.208 e. The van der Waals surface area contributed by atoms with E-state index in [1.807, 2.05) is 0 Å². The molecule has 7 rings (SSSR count). The number of nitrogens with zero attached hydrogens (tertiary/aromatic N) is 3. The number of aromatic nitrogens is 3. The predicted octanol–water partition coefficient (Wildman–Crippen LogP) is 9.87. The maximum Gasteiger partial charge on any atom is 0.164 e. The molecule has 7 aromatic rings. The van der Waals surface area contributed by atoms with Crippen molar-refractivity contribution in [2.75, 3.05) is 0 Å². The lowest BCUT2D eigenvalue weighted by Crippen LogP contribution is -2.00. The molecule has 6 aromatic carbocycles. The maximum atomic E-state index is 9.33. The Morgan fingerprint density at radius 3 is 0.786 bits per heavy atom. The SMILES string of the molecule is [2H]c1c([2H])c([2H])c(-c2c([2H])c([2H])c([2H])c(-c3nc(-c4c([2H])c([2H])c([2H])c(-c5c([2H])c([2H])c([2H])c([2H])c5[2H])c4[2H])nc(-c4c([2H])c([2H])c([2H])c(-c5c([2H])c([2H])c([2H])c([2H])c5[2H])c4[2H])n3)c2[2H])c([2H])c1[2H]. The zero-order valence-electron chi connectivity index (χ0n) is 47.8. The first kappa shape index (κ1) is 9.43. The molecular formula is C39H27N3. The van der Waals surface area contributed by atoms with E-state index in [-0.39, 0.29) is 0 Å². The summed E-state index contributed by atoms with van der Waals surface area (Å²) in [6, 6.07) is -25.9. The fourth-order valence-electron chi connectivity index (χ4n) is 3.58. The zero-order valence-corrected chi connectivity index (χ0v) is 20.8. The molecule has 0 atom stereocenters. The van der Waals surface area contributed by atoms with Crippen molar-refractivity contribution in [1.82, 2.24) is 15.0 Å². The Balaban J connectivity index is 1.71. The molecule has 198 valence electrons. The summed E-state index contributed by atoms with van der Waals surface area (Å²) in [5.74, 6) is -2.91. The summed E-state index contributed by atoms with van der Waals surface area (Å²) in [7, 11) is 0. The summed E-state index contributed by atoms with van der Waals surface area (Å²) < 4.78 is 233. The summed E-state index contributed by atoms with van der Waals surface area (Å²) >= 11 is 0. The number of rotatable bonds is 6. The van der Waals surface area contributed by atoms with Crippen molar-refractivity contribution in [3.05, 3.63) is 163 Å². The van der Waals surface area contributed by atoms with Gasteiger partial charge in [-0.15, -0.1) is 0 Å². The fourth-order valence-corrected chi connectivity index (χ4v) is 3.58. The van der Waals surface area contributed by atoms with E-state index < -0.39 is 231 Å². The average Bonchev–Trinajstić information content (AvgIpc) is 3.31. The molecule has 3 nitrogen and oxygen atoms in total. The lowest BCUT2D eigenvalue weighted by atomic mass is 10.0. The van der Waals surface area contributed by atoms with E-state index in [0.29, 0.717) is 0 Å². The second kappa shape index (κ2) is 11.4. The Kier molecular flexibility index (Phi) is 2.57. The van der Waals surface area contributed by atoms with E-state index in [9.17, 15) is 4.11 Å². The van der Waals surface area contributed by atoms with Crippen LogP contribution in [0.2, 0.25) is 0 Å². The molecule has 1 aromatic heterocycles. The van der Waals surface area contributed by atoms with Gasteiger partial charge >= 0.3 is 0 Å². The molecule has 0 spiro atoms. The molecule has 0 N–H and O–H groups in total. The Hall–Kier alpha value is -5.67. The third-order valence-electron chi connectivity index (χ3n) is 5.43. The first-order valence-electron chi connectivity index (χ1n) is 25.3. The van der Waals surface area contributed by atoms with Gasteiger partial charge in [-0.1, -0.05) is 145 Å². The Bertz CT molecular complexity index is 3020. The van der Waals surface area contributed by atoms with E-state index in [1.165, 1.54) is 0 Å². The summed E-state index contributed by atoms with van der Waals surface area (Å²) in [6.07, 6.45) is 0. The quantitative estimate of drug-likeness (QED) is 0.202. The predicted molar refractivity (Wildman–Crippen MR) is 172 cm³/mol. The molecule has 0 saturated carbocycles. The van der Waals surface area contributed by atoms with Crippen LogP contribution < -0.4 is 0 Å². The summed E-state index contributed by atoms with van der Waals surface area (Å²) in [4.78, 5) is 12.8. The molecule has 42 heavy (non-hydrogen) atoms. The first-order chi connectivity index (χ1) is 32.0. The van der Waals surface area contributed by atoms with Gasteiger partial charge in [0.05, 0.1) is 37.0 Å². The molecule has 0 radical (unpaired) electrons. The molecular weight excluding hydrogens is 510 g/mol. The Morgan fingerprint density at radius 2 is 0.500 bits per heavy atom. The van der Waals surface area contributed by atoms with Crippen molar-refractivity contribution < 1.29 is 37.0 Å². The monoisotopic (exact) mass is 564 g/mol. The molecule has 0 fully saturated rings. The molecule has 3 heteroatoms. The van der Waals surface area contributed by atoms with Gasteiger partial charge in [-0.05, 0) is 51.5 Å². The van der Waals surface area contributed by atoms with Gasteiger partial charge in [0, 0.05) is 16.7 Å². The van der Waals surface area contributed by atoms with Crippen molar-refractivity contribution in [2.24, 2.45) is 0 Å². The molecule has 0 aliphatic carbocycles. The van der Waals surface area contributed by atoms with Gasteiger partial charge in [-0.25, -0.2) is 15.0 Å². The van der Waals surface area contributed by atoms with Crippen LogP contribution in [-0.4, -0.2) is 15.0 Å². The Morgan fingerprint density at radius 1 is 0.262 bits per heavy atom. The van der Waals surface area contributed by atoms with Gasteiger partial charge in [0.25, 0.3) is 0 Å². The second-order valence-corrected chi connectivity index (χ2v) is 8.06. The minimum absolute atomic E-state index is 0.773. The van der Waals surface area contributed by atoms with Crippen molar-refractivity contribution in [3.63, 3.8) is 0 Å². The van der Waals surface area contributed by atoms with Crippen LogP contribution in [0.5, 0.6) is 0 Å². The average molecular weight is 565 g/mol. The van der Waals surface area contributed by atoms with Gasteiger partial charge in [-0.3, -0.25) is 0 Å². The first-order valence-corrected chi connectivity index (χ1v) is 11.8. The molecule has 0 amide bonds. The molecule has 1 heterocycles. The summed E-state index contributed by atoms with van der Waals surface area (Å²) in [6.45, 7) is 0. The normalized spacial score (nSPS) is 19.9. The lowest BCUT2D eigenvalue weighted by molar-refractivity contribution is 1.07. The van der Waals surface area contributed by atoms with Gasteiger partial charge < -0.3 is 0 Å². The third-order valence-corrected chi connectivity index (χ3v) is 5.43. The van der Waals surface area contributed by atoms with E-state index in [4.69, 9.17) is 32.9 Å². The van der Waals surface area contributed by atoms with E-state index in [1.54, 1.807) is 0 Å². The topological polar surface area (TPSA) is 38.7 Å². The molecule has 0 bridgehead atoms. The van der Waals surface area contributed by atoms with E-state index in [0.717, 1.165) is 0 Å². The largest absolute Gasteiger partial charge is 0.208 e. The van der Waals surface area contributed by atoms with Crippen LogP contribution in [0.3, 0.4) is 0 Å². The van der Waals surface area contributed by atoms with Crippen molar-refractivity contribution in [1.29, 1.82) is 0 Å². The molecule has 0 saturated heterocycles. The van der Waals surface area contributed by atoms with E-state index >= 15 is 0 Å². The van der Waals surface area contributed by atoms with Gasteiger partial charge in [-0.2, -0.15) is 0 Å². The van der Waals surface area contributed by atoms with E-state index in [2.05, 4.69) is 15.0 Å². The van der Waals surface area contributed by atoms with Crippen LogP contribution in [0.1, 0.15) is 37.0 Å². The number of hydrogen-bond acceptors (Lipinski definition) is 3. The van der Waals surface area contributed by atoms with Crippen LogP contribution >= 0.6 is 0 Å². The number of benzene rings is 6. The van der Waals surface area contributed by atoms with Crippen LogP contribution in [-0.2, 0) is 0 Å². The standard InChI is InChI=1S/C39H27N3/c1-4-13-28(14-5-1)31-19-10-22-34(25-31)37-40-38(35-23-11-20-32(26-35)29-15-6-2-7-16-29)42-39(41-37)36-24-12-21-33(27-36)30-17-8-3-9-18-30/h1-27H/i1D,2D,3D,4D,5D,6D,7D,8D,9D,10D,11D,12D,13D,14D,15D,16D,17D,18D,19D,20D,21D,22D,23D,24D,25D,26D,27D. The smallest absolute Gasteiger partial charge is 0.164 e. The third kappa shape index (κ3) is 5.36. The lowest BCUT2D eigenvalue weighted by Gasteiger charge is -2.11. The van der Waals surface area contributed by atoms with Crippen LogP contribution in [0, 0.1) is 0 Å². The summed E-state index contributed by atoms with van der Waals surface area (Å²) in [5, 5.41) is 0. The Labute approximate surface area is 283 Å². The highest BCUT2D eigenvalue weighted by Crippen LogP contribution is 2.31. The van der Waals surface area contributed by atoms with Gasteiger partial charge in [0.1, 0.15) is 0 Å². The molecule has 0 aliphatic rings. The summed E-state index contributed by atoms with van der Waals surface area (Å²) in [5.41, 5.74) is -7.43. The molecule has 0 aliphatic heterocycles. The molecule has 0 unspecified atom stereocenters. The van der Waals surface area contributed by atoms with Crippen molar-refractivity contribution >= 4 is 0 Å². The fraction of sp³-hybridized carbons (Fsp3) is 0.